The summed E-state index contributed by atoms with van der Waals surface area (Å²) in [5.41, 5.74) is 2.29. The second kappa shape index (κ2) is 6.34. The first-order valence-corrected chi connectivity index (χ1v) is 7.91. The van der Waals surface area contributed by atoms with Crippen LogP contribution in [0.2, 0.25) is 0 Å². The molecule has 0 aliphatic carbocycles. The van der Waals surface area contributed by atoms with Crippen molar-refractivity contribution in [3.63, 3.8) is 0 Å². The number of imidazole rings is 1. The maximum atomic E-state index is 12.4. The minimum absolute atomic E-state index is 0.194. The number of nitrogens with zero attached hydrogens (tertiary/aromatic N) is 3. The van der Waals surface area contributed by atoms with E-state index in [-0.39, 0.29) is 5.91 Å². The second-order valence-corrected chi connectivity index (χ2v) is 6.34. The van der Waals surface area contributed by atoms with Gasteiger partial charge in [-0.3, -0.25) is 4.79 Å². The van der Waals surface area contributed by atoms with E-state index < -0.39 is 0 Å². The van der Waals surface area contributed by atoms with Crippen LogP contribution in [0, 0.1) is 12.8 Å². The summed E-state index contributed by atoms with van der Waals surface area (Å²) in [6, 6.07) is 8.18. The van der Waals surface area contributed by atoms with Crippen LogP contribution in [0.5, 0.6) is 0 Å². The average molecular weight is 297 g/mol. The zero-order chi connectivity index (χ0) is 15.5. The monoisotopic (exact) mass is 297 g/mol. The van der Waals surface area contributed by atoms with Gasteiger partial charge in [-0.2, -0.15) is 0 Å². The van der Waals surface area contributed by atoms with Gasteiger partial charge in [0.05, 0.1) is 6.42 Å². The molecular weight excluding hydrogens is 274 g/mol. The van der Waals surface area contributed by atoms with E-state index in [0.29, 0.717) is 12.3 Å². The maximum Gasteiger partial charge on any atom is 0.226 e. The first kappa shape index (κ1) is 14.8. The topological polar surface area (TPSA) is 38.1 Å². The van der Waals surface area contributed by atoms with Crippen LogP contribution in [0.4, 0.5) is 0 Å². The van der Waals surface area contributed by atoms with E-state index in [2.05, 4.69) is 28.6 Å². The number of hydrogen-bond donors (Lipinski definition) is 0. The number of benzene rings is 1. The van der Waals surface area contributed by atoms with Crippen molar-refractivity contribution in [2.75, 3.05) is 13.6 Å². The molecule has 2 heterocycles. The molecule has 0 bridgehead atoms. The predicted molar refractivity (Wildman–Crippen MR) is 86.6 cm³/mol. The molecule has 0 unspecified atom stereocenters. The van der Waals surface area contributed by atoms with Crippen molar-refractivity contribution in [1.82, 2.24) is 14.5 Å². The van der Waals surface area contributed by atoms with Gasteiger partial charge in [-0.1, -0.05) is 29.8 Å². The van der Waals surface area contributed by atoms with Crippen LogP contribution < -0.4 is 0 Å². The molecule has 3 rings (SSSR count). The number of likely N-dealkylation sites (N-methyl/N-ethyl adjacent to an activating group) is 1. The van der Waals surface area contributed by atoms with E-state index in [9.17, 15) is 4.79 Å². The second-order valence-electron chi connectivity index (χ2n) is 6.34. The fraction of sp³-hybridized carbons (Fsp3) is 0.444. The molecule has 4 nitrogen and oxygen atoms in total. The van der Waals surface area contributed by atoms with Crippen LogP contribution >= 0.6 is 0 Å². The molecule has 2 aromatic rings. The zero-order valence-corrected chi connectivity index (χ0v) is 13.3. The highest BCUT2D eigenvalue weighted by molar-refractivity contribution is 5.78. The summed E-state index contributed by atoms with van der Waals surface area (Å²) in [5, 5.41) is 0. The third-order valence-electron chi connectivity index (χ3n) is 4.45. The van der Waals surface area contributed by atoms with Crippen molar-refractivity contribution in [3.8, 4) is 0 Å². The van der Waals surface area contributed by atoms with E-state index in [1.165, 1.54) is 5.56 Å². The molecular formula is C18H23N3O. The van der Waals surface area contributed by atoms with Crippen molar-refractivity contribution < 1.29 is 4.79 Å². The largest absolute Gasteiger partial charge is 0.345 e. The highest BCUT2D eigenvalue weighted by atomic mass is 16.2. The Labute approximate surface area is 131 Å². The Morgan fingerprint density at radius 2 is 2.32 bits per heavy atom. The molecule has 1 atom stereocenters. The van der Waals surface area contributed by atoms with Crippen molar-refractivity contribution in [2.24, 2.45) is 5.92 Å². The summed E-state index contributed by atoms with van der Waals surface area (Å²) >= 11 is 0. The van der Waals surface area contributed by atoms with Gasteiger partial charge in [-0.05, 0) is 24.8 Å². The van der Waals surface area contributed by atoms with Crippen molar-refractivity contribution in [3.05, 3.63) is 53.6 Å². The molecule has 116 valence electrons. The van der Waals surface area contributed by atoms with Crippen molar-refractivity contribution in [2.45, 2.75) is 32.7 Å². The minimum atomic E-state index is 0.194. The van der Waals surface area contributed by atoms with Crippen LogP contribution in [0.3, 0.4) is 0 Å². The number of carbonyl (C=O) groups excluding carboxylic acids is 1. The van der Waals surface area contributed by atoms with Gasteiger partial charge in [0.1, 0.15) is 5.82 Å². The van der Waals surface area contributed by atoms with Crippen LogP contribution in [-0.2, 0) is 24.2 Å². The third kappa shape index (κ3) is 3.38. The van der Waals surface area contributed by atoms with Gasteiger partial charge >= 0.3 is 0 Å². The number of carbonyl (C=O) groups is 1. The summed E-state index contributed by atoms with van der Waals surface area (Å²) in [5.74, 6) is 1.86. The molecule has 4 heteroatoms. The molecule has 22 heavy (non-hydrogen) atoms. The van der Waals surface area contributed by atoms with E-state index in [4.69, 9.17) is 0 Å². The third-order valence-corrected chi connectivity index (χ3v) is 4.45. The Balaban J connectivity index is 1.55. The number of hydrogen-bond acceptors (Lipinski definition) is 2. The SMILES string of the molecule is Cc1cccc(CC(=O)N(C)C[C@H]2CCn3ccnc3C2)c1. The Kier molecular flexibility index (Phi) is 4.27. The molecule has 0 saturated heterocycles. The lowest BCUT2D eigenvalue weighted by Gasteiger charge is -2.28. The molecule has 0 radical (unpaired) electrons. The van der Waals surface area contributed by atoms with E-state index >= 15 is 0 Å². The average Bonchev–Trinajstić information content (AvgIpc) is 2.94. The molecule has 1 amide bonds. The molecule has 1 aromatic carbocycles. The molecule has 1 aliphatic heterocycles. The van der Waals surface area contributed by atoms with E-state index in [1.807, 2.05) is 36.5 Å². The summed E-state index contributed by atoms with van der Waals surface area (Å²) in [7, 11) is 1.92. The van der Waals surface area contributed by atoms with Crippen molar-refractivity contribution in [1.29, 1.82) is 0 Å². The molecule has 0 N–H and O–H groups in total. The van der Waals surface area contributed by atoms with Gasteiger partial charge in [0.25, 0.3) is 0 Å². The smallest absolute Gasteiger partial charge is 0.226 e. The van der Waals surface area contributed by atoms with Gasteiger partial charge < -0.3 is 9.47 Å². The Hall–Kier alpha value is -2.10. The molecule has 1 aromatic heterocycles. The van der Waals surface area contributed by atoms with Crippen LogP contribution in [0.25, 0.3) is 0 Å². The number of aryl methyl sites for hydroxylation is 2. The zero-order valence-electron chi connectivity index (χ0n) is 13.3. The van der Waals surface area contributed by atoms with Gasteiger partial charge in [0.15, 0.2) is 0 Å². The highest BCUT2D eigenvalue weighted by Crippen LogP contribution is 2.20. The van der Waals surface area contributed by atoms with Gasteiger partial charge in [-0.25, -0.2) is 4.98 Å². The fourth-order valence-electron chi connectivity index (χ4n) is 3.19. The molecule has 0 saturated carbocycles. The number of rotatable bonds is 4. The summed E-state index contributed by atoms with van der Waals surface area (Å²) in [4.78, 5) is 18.7. The highest BCUT2D eigenvalue weighted by Gasteiger charge is 2.22. The Morgan fingerprint density at radius 3 is 3.14 bits per heavy atom. The lowest BCUT2D eigenvalue weighted by Crippen LogP contribution is -2.35. The standard InChI is InChI=1S/C18H23N3O/c1-14-4-3-5-15(10-14)12-18(22)20(2)13-16-6-8-21-9-7-19-17(21)11-16/h3-5,7,9-10,16H,6,8,11-13H2,1-2H3/t16-/m0/s1. The minimum Gasteiger partial charge on any atom is -0.345 e. The summed E-state index contributed by atoms with van der Waals surface area (Å²) in [6.07, 6.45) is 6.47. The van der Waals surface area contributed by atoms with E-state index in [0.717, 1.165) is 37.3 Å². The molecule has 1 aliphatic rings. The first-order valence-electron chi connectivity index (χ1n) is 7.91. The van der Waals surface area contributed by atoms with Gasteiger partial charge in [0, 0.05) is 39.0 Å². The summed E-state index contributed by atoms with van der Waals surface area (Å²) in [6.45, 7) is 3.89. The predicted octanol–water partition coefficient (Wildman–Crippen LogP) is 2.46. The number of fused-ring (bicyclic) bond motifs is 1. The lowest BCUT2D eigenvalue weighted by atomic mass is 9.97. The number of amides is 1. The Bertz CT molecular complexity index is 662. The van der Waals surface area contributed by atoms with Crippen LogP contribution in [-0.4, -0.2) is 34.0 Å². The first-order chi connectivity index (χ1) is 10.6. The van der Waals surface area contributed by atoms with Crippen LogP contribution in [0.15, 0.2) is 36.7 Å². The lowest BCUT2D eigenvalue weighted by molar-refractivity contribution is -0.129. The van der Waals surface area contributed by atoms with Crippen LogP contribution in [0.1, 0.15) is 23.4 Å². The Morgan fingerprint density at radius 1 is 1.45 bits per heavy atom. The quantitative estimate of drug-likeness (QED) is 0.869. The van der Waals surface area contributed by atoms with Crippen molar-refractivity contribution >= 4 is 5.91 Å². The maximum absolute atomic E-state index is 12.4. The molecule has 0 fully saturated rings. The van der Waals surface area contributed by atoms with Gasteiger partial charge in [0.2, 0.25) is 5.91 Å². The van der Waals surface area contributed by atoms with E-state index in [1.54, 1.807) is 0 Å². The number of aromatic nitrogens is 2. The van der Waals surface area contributed by atoms with Gasteiger partial charge in [-0.15, -0.1) is 0 Å². The fourth-order valence-corrected chi connectivity index (χ4v) is 3.19. The molecule has 0 spiro atoms. The normalized spacial score (nSPS) is 17.1. The summed E-state index contributed by atoms with van der Waals surface area (Å²) < 4.78 is 2.21.